The van der Waals surface area contributed by atoms with Crippen LogP contribution in [0.5, 0.6) is 0 Å². The zero-order chi connectivity index (χ0) is 12.3. The number of carbonyl (C=O) groups excluding carboxylic acids is 2. The quantitative estimate of drug-likeness (QED) is 0.460. The van der Waals surface area contributed by atoms with E-state index in [0.29, 0.717) is 18.9 Å². The molecular formula is C9H16ClNO4. The van der Waals surface area contributed by atoms with Crippen LogP contribution in [0, 0.1) is 0 Å². The molecule has 0 fully saturated rings. The van der Waals surface area contributed by atoms with E-state index in [1.807, 2.05) is 0 Å². The highest BCUT2D eigenvalue weighted by molar-refractivity contribution is 6.61. The lowest BCUT2D eigenvalue weighted by Crippen LogP contribution is -2.03. The first-order valence-corrected chi connectivity index (χ1v) is 4.74. The number of carbonyl (C=O) groups is 2. The van der Waals surface area contributed by atoms with Crippen molar-refractivity contribution >= 4 is 23.0 Å². The van der Waals surface area contributed by atoms with Crippen molar-refractivity contribution in [1.29, 1.82) is 0 Å². The van der Waals surface area contributed by atoms with Gasteiger partial charge in [0.1, 0.15) is 0 Å². The second-order valence-corrected chi connectivity index (χ2v) is 2.62. The molecule has 0 aliphatic heterocycles. The standard InChI is InChI=1S/C6H11NO2.C3H5ClO2/c1-3-9-6(8)4-5(2)7;1-2-6-3(4)5/h4H,3,7H2,1-2H3;2H2,1H3/b5-4-;. The Hall–Kier alpha value is -1.23. The van der Waals surface area contributed by atoms with Crippen LogP contribution < -0.4 is 5.73 Å². The minimum Gasteiger partial charge on any atom is -0.463 e. The van der Waals surface area contributed by atoms with Gasteiger partial charge in [-0.2, -0.15) is 0 Å². The summed E-state index contributed by atoms with van der Waals surface area (Å²) in [5, 5.41) is 0. The SMILES string of the molecule is CCOC(=O)/C=C(/C)N.CCOC(=O)Cl. The summed E-state index contributed by atoms with van der Waals surface area (Å²) in [6.07, 6.45) is 1.25. The smallest absolute Gasteiger partial charge is 0.403 e. The molecule has 0 aromatic heterocycles. The number of esters is 1. The summed E-state index contributed by atoms with van der Waals surface area (Å²) in [7, 11) is 0. The van der Waals surface area contributed by atoms with Gasteiger partial charge in [-0.1, -0.05) is 0 Å². The van der Waals surface area contributed by atoms with Crippen LogP contribution in [-0.2, 0) is 14.3 Å². The summed E-state index contributed by atoms with van der Waals surface area (Å²) >= 11 is 4.72. The lowest BCUT2D eigenvalue weighted by Gasteiger charge is -1.94. The van der Waals surface area contributed by atoms with Gasteiger partial charge in [-0.05, 0) is 20.8 Å². The van der Waals surface area contributed by atoms with E-state index in [0.717, 1.165) is 0 Å². The Labute approximate surface area is 94.2 Å². The van der Waals surface area contributed by atoms with Crippen molar-refractivity contribution in [1.82, 2.24) is 0 Å². The second-order valence-electron chi connectivity index (χ2n) is 2.31. The second kappa shape index (κ2) is 10.8. The Kier molecular flexibility index (Phi) is 11.7. The molecule has 0 aliphatic rings. The van der Waals surface area contributed by atoms with Gasteiger partial charge in [0.05, 0.1) is 13.2 Å². The average molecular weight is 238 g/mol. The van der Waals surface area contributed by atoms with E-state index in [1.165, 1.54) is 6.08 Å². The predicted molar refractivity (Wildman–Crippen MR) is 57.5 cm³/mol. The Bertz CT molecular complexity index is 224. The molecular weight excluding hydrogens is 222 g/mol. The molecule has 0 aromatic carbocycles. The molecule has 0 atom stereocenters. The van der Waals surface area contributed by atoms with Crippen LogP contribution in [0.15, 0.2) is 11.8 Å². The van der Waals surface area contributed by atoms with E-state index in [9.17, 15) is 9.59 Å². The van der Waals surface area contributed by atoms with Crippen LogP contribution in [0.1, 0.15) is 20.8 Å². The molecule has 0 unspecified atom stereocenters. The molecule has 0 saturated heterocycles. The molecule has 15 heavy (non-hydrogen) atoms. The number of hydrogen-bond acceptors (Lipinski definition) is 5. The molecule has 0 radical (unpaired) electrons. The van der Waals surface area contributed by atoms with Crippen molar-refractivity contribution < 1.29 is 19.1 Å². The monoisotopic (exact) mass is 237 g/mol. The van der Waals surface area contributed by atoms with Gasteiger partial charge in [-0.25, -0.2) is 9.59 Å². The third-order valence-corrected chi connectivity index (χ3v) is 0.999. The summed E-state index contributed by atoms with van der Waals surface area (Å²) in [6, 6.07) is 0. The highest BCUT2D eigenvalue weighted by atomic mass is 35.5. The molecule has 0 saturated carbocycles. The number of nitrogens with two attached hydrogens (primary N) is 1. The predicted octanol–water partition coefficient (Wildman–Crippen LogP) is 1.79. The average Bonchev–Trinajstić information content (AvgIpc) is 2.03. The molecule has 0 aliphatic carbocycles. The van der Waals surface area contributed by atoms with Crippen LogP contribution in [-0.4, -0.2) is 24.6 Å². The van der Waals surface area contributed by atoms with Crippen molar-refractivity contribution in [2.75, 3.05) is 13.2 Å². The number of rotatable bonds is 3. The van der Waals surface area contributed by atoms with Crippen molar-refractivity contribution in [3.8, 4) is 0 Å². The summed E-state index contributed by atoms with van der Waals surface area (Å²) in [6.45, 7) is 5.82. The van der Waals surface area contributed by atoms with Crippen LogP contribution >= 0.6 is 11.6 Å². The first-order valence-electron chi connectivity index (χ1n) is 4.36. The molecule has 6 heteroatoms. The molecule has 5 nitrogen and oxygen atoms in total. The van der Waals surface area contributed by atoms with E-state index < -0.39 is 5.43 Å². The molecule has 0 spiro atoms. The minimum atomic E-state index is -0.738. The highest BCUT2D eigenvalue weighted by Crippen LogP contribution is 1.83. The maximum Gasteiger partial charge on any atom is 0.403 e. The first-order chi connectivity index (χ1) is 6.93. The van der Waals surface area contributed by atoms with E-state index >= 15 is 0 Å². The fourth-order valence-electron chi connectivity index (χ4n) is 0.483. The third kappa shape index (κ3) is 19.3. The molecule has 0 heterocycles. The number of ether oxygens (including phenoxy) is 2. The number of halogens is 1. The minimum absolute atomic E-state index is 0.350. The van der Waals surface area contributed by atoms with Crippen LogP contribution in [0.3, 0.4) is 0 Å². The van der Waals surface area contributed by atoms with Gasteiger partial charge in [0.2, 0.25) is 0 Å². The van der Waals surface area contributed by atoms with Gasteiger partial charge < -0.3 is 15.2 Å². The highest BCUT2D eigenvalue weighted by Gasteiger charge is 1.92. The van der Waals surface area contributed by atoms with Gasteiger partial charge in [0.25, 0.3) is 0 Å². The van der Waals surface area contributed by atoms with Gasteiger partial charge in [0.15, 0.2) is 0 Å². The third-order valence-electron chi connectivity index (χ3n) is 0.890. The Morgan fingerprint density at radius 1 is 1.27 bits per heavy atom. The molecule has 2 N–H and O–H groups in total. The summed E-state index contributed by atoms with van der Waals surface area (Å²) in [5.74, 6) is -0.377. The lowest BCUT2D eigenvalue weighted by molar-refractivity contribution is -0.137. The molecule has 0 amide bonds. The Morgan fingerprint density at radius 3 is 1.93 bits per heavy atom. The van der Waals surface area contributed by atoms with Crippen molar-refractivity contribution in [2.45, 2.75) is 20.8 Å². The van der Waals surface area contributed by atoms with Crippen LogP contribution in [0.25, 0.3) is 0 Å². The topological polar surface area (TPSA) is 78.6 Å². The van der Waals surface area contributed by atoms with Crippen molar-refractivity contribution in [3.63, 3.8) is 0 Å². The van der Waals surface area contributed by atoms with Crippen LogP contribution in [0.2, 0.25) is 0 Å². The van der Waals surface area contributed by atoms with Gasteiger partial charge in [0, 0.05) is 23.4 Å². The fraction of sp³-hybridized carbons (Fsp3) is 0.556. The molecule has 0 aromatic rings. The number of hydrogen-bond donors (Lipinski definition) is 1. The lowest BCUT2D eigenvalue weighted by atomic mass is 10.4. The summed E-state index contributed by atoms with van der Waals surface area (Å²) in [4.78, 5) is 20.1. The molecule has 0 rings (SSSR count). The Balaban J connectivity index is 0. The Morgan fingerprint density at radius 2 is 1.73 bits per heavy atom. The van der Waals surface area contributed by atoms with Gasteiger partial charge >= 0.3 is 11.4 Å². The van der Waals surface area contributed by atoms with E-state index in [1.54, 1.807) is 20.8 Å². The van der Waals surface area contributed by atoms with Gasteiger partial charge in [-0.3, -0.25) is 0 Å². The number of allylic oxidation sites excluding steroid dienone is 1. The normalized spacial score (nSPS) is 9.73. The van der Waals surface area contributed by atoms with Crippen molar-refractivity contribution in [3.05, 3.63) is 11.8 Å². The van der Waals surface area contributed by atoms with Crippen molar-refractivity contribution in [2.24, 2.45) is 5.73 Å². The largest absolute Gasteiger partial charge is 0.463 e. The fourth-order valence-corrected chi connectivity index (χ4v) is 0.592. The summed E-state index contributed by atoms with van der Waals surface area (Å²) < 4.78 is 8.73. The van der Waals surface area contributed by atoms with E-state index in [-0.39, 0.29) is 5.97 Å². The first kappa shape index (κ1) is 16.2. The van der Waals surface area contributed by atoms with E-state index in [2.05, 4.69) is 9.47 Å². The molecule has 88 valence electrons. The van der Waals surface area contributed by atoms with Gasteiger partial charge in [-0.15, -0.1) is 0 Å². The zero-order valence-electron chi connectivity index (χ0n) is 9.08. The zero-order valence-corrected chi connectivity index (χ0v) is 9.84. The molecule has 0 bridgehead atoms. The summed E-state index contributed by atoms with van der Waals surface area (Å²) in [5.41, 5.74) is 4.91. The van der Waals surface area contributed by atoms with Crippen LogP contribution in [0.4, 0.5) is 4.79 Å². The maximum atomic E-state index is 10.5. The maximum absolute atomic E-state index is 10.5. The van der Waals surface area contributed by atoms with E-state index in [4.69, 9.17) is 17.3 Å².